The zero-order chi connectivity index (χ0) is 23.0. The minimum Gasteiger partial charge on any atom is -0.406 e. The molecule has 0 radical (unpaired) electrons. The standard InChI is InChI=1S/C24H36N6O2/c1-5-6-7-8-9-12-15-25-22-28-23(3,4)30-24(29-22,32-18(2)31)27-20-16-19-13-10-11-14-21(19)26-17-20/h10-11,13-14,16-17,27,30H,5-9,12,15H2,1-4H3,(H2,25,28,29). The van der Waals surface area contributed by atoms with Crippen molar-refractivity contribution in [2.24, 2.45) is 4.99 Å². The number of para-hydroxylation sites is 1. The van der Waals surface area contributed by atoms with E-state index in [0.717, 1.165) is 23.7 Å². The minimum absolute atomic E-state index is 0.431. The van der Waals surface area contributed by atoms with Crippen molar-refractivity contribution < 1.29 is 9.53 Å². The highest BCUT2D eigenvalue weighted by atomic mass is 16.6. The molecule has 4 N–H and O–H groups in total. The Morgan fingerprint density at radius 1 is 1.12 bits per heavy atom. The molecule has 1 saturated heterocycles. The summed E-state index contributed by atoms with van der Waals surface area (Å²) < 4.78 is 5.71. The molecule has 0 aliphatic carbocycles. The Labute approximate surface area is 190 Å². The number of carbonyl (C=O) groups is 1. The van der Waals surface area contributed by atoms with Gasteiger partial charge in [-0.05, 0) is 32.4 Å². The third kappa shape index (κ3) is 6.82. The first kappa shape index (κ1) is 23.8. The van der Waals surface area contributed by atoms with Gasteiger partial charge in [0.05, 0.1) is 23.1 Å². The highest BCUT2D eigenvalue weighted by molar-refractivity contribution is 5.84. The smallest absolute Gasteiger partial charge is 0.330 e. The molecule has 8 nitrogen and oxygen atoms in total. The van der Waals surface area contributed by atoms with Crippen LogP contribution in [0.5, 0.6) is 0 Å². The van der Waals surface area contributed by atoms with E-state index in [1.165, 1.54) is 32.6 Å². The quantitative estimate of drug-likeness (QED) is 0.251. The summed E-state index contributed by atoms with van der Waals surface area (Å²) in [5, 5.41) is 14.1. The number of esters is 1. The number of anilines is 1. The van der Waals surface area contributed by atoms with E-state index in [1.807, 2.05) is 44.2 Å². The number of unbranched alkanes of at least 4 members (excludes halogenated alkanes) is 5. The van der Waals surface area contributed by atoms with Crippen LogP contribution in [0.4, 0.5) is 5.69 Å². The molecule has 1 aromatic carbocycles. The number of aromatic nitrogens is 1. The van der Waals surface area contributed by atoms with Crippen LogP contribution < -0.4 is 21.3 Å². The molecule has 0 spiro atoms. The number of nitrogens with zero attached hydrogens (tertiary/aromatic N) is 2. The molecule has 3 rings (SSSR count). The maximum Gasteiger partial charge on any atom is 0.330 e. The highest BCUT2D eigenvalue weighted by Crippen LogP contribution is 2.21. The molecule has 1 atom stereocenters. The maximum absolute atomic E-state index is 12.0. The summed E-state index contributed by atoms with van der Waals surface area (Å²) in [7, 11) is 0. The Morgan fingerprint density at radius 2 is 1.88 bits per heavy atom. The Balaban J connectivity index is 1.76. The van der Waals surface area contributed by atoms with Crippen molar-refractivity contribution in [2.45, 2.75) is 77.9 Å². The van der Waals surface area contributed by atoms with E-state index in [4.69, 9.17) is 9.73 Å². The lowest BCUT2D eigenvalue weighted by Crippen LogP contribution is -2.80. The number of pyridine rings is 1. The van der Waals surface area contributed by atoms with Crippen molar-refractivity contribution >= 4 is 28.5 Å². The summed E-state index contributed by atoms with van der Waals surface area (Å²) in [6.07, 6.45) is 8.95. The zero-order valence-electron chi connectivity index (χ0n) is 19.6. The van der Waals surface area contributed by atoms with Gasteiger partial charge >= 0.3 is 11.9 Å². The molecule has 2 aromatic rings. The number of benzene rings is 1. The first-order valence-corrected chi connectivity index (χ1v) is 11.5. The number of aliphatic imine (C=N–C) groups is 1. The van der Waals surface area contributed by atoms with Crippen molar-refractivity contribution in [3.63, 3.8) is 0 Å². The molecule has 1 fully saturated rings. The molecule has 1 aliphatic rings. The first-order valence-electron chi connectivity index (χ1n) is 11.5. The second-order valence-electron chi connectivity index (χ2n) is 8.81. The average molecular weight is 441 g/mol. The lowest BCUT2D eigenvalue weighted by atomic mass is 10.1. The number of fused-ring (bicyclic) bond motifs is 1. The summed E-state index contributed by atoms with van der Waals surface area (Å²) in [5.74, 6) is -1.23. The Kier molecular flexibility index (Phi) is 7.90. The van der Waals surface area contributed by atoms with Crippen LogP contribution >= 0.6 is 0 Å². The molecule has 0 amide bonds. The van der Waals surface area contributed by atoms with Crippen molar-refractivity contribution in [1.29, 1.82) is 0 Å². The Hall–Kier alpha value is -2.87. The molecule has 2 heterocycles. The number of nitrogens with one attached hydrogen (secondary N) is 4. The molecule has 0 saturated carbocycles. The van der Waals surface area contributed by atoms with Crippen LogP contribution in [0.25, 0.3) is 10.9 Å². The molecule has 174 valence electrons. The molecular weight excluding hydrogens is 404 g/mol. The third-order valence-corrected chi connectivity index (χ3v) is 5.20. The molecule has 1 aliphatic heterocycles. The van der Waals surface area contributed by atoms with E-state index in [0.29, 0.717) is 18.2 Å². The fraction of sp³-hybridized carbons (Fsp3) is 0.542. The third-order valence-electron chi connectivity index (χ3n) is 5.20. The summed E-state index contributed by atoms with van der Waals surface area (Å²) >= 11 is 0. The van der Waals surface area contributed by atoms with Gasteiger partial charge in [-0.1, -0.05) is 57.2 Å². The fourth-order valence-electron chi connectivity index (χ4n) is 3.86. The second kappa shape index (κ2) is 10.6. The van der Waals surface area contributed by atoms with Gasteiger partial charge in [-0.15, -0.1) is 0 Å². The van der Waals surface area contributed by atoms with Crippen molar-refractivity contribution in [3.8, 4) is 0 Å². The van der Waals surface area contributed by atoms with Crippen LogP contribution in [-0.2, 0) is 9.53 Å². The predicted molar refractivity (Wildman–Crippen MR) is 129 cm³/mol. The Bertz CT molecular complexity index is 945. The van der Waals surface area contributed by atoms with Gasteiger partial charge in [-0.3, -0.25) is 20.1 Å². The van der Waals surface area contributed by atoms with Crippen molar-refractivity contribution in [2.75, 3.05) is 11.9 Å². The van der Waals surface area contributed by atoms with Crippen molar-refractivity contribution in [3.05, 3.63) is 36.5 Å². The predicted octanol–water partition coefficient (Wildman–Crippen LogP) is 4.06. The van der Waals surface area contributed by atoms with Crippen LogP contribution in [0, 0.1) is 0 Å². The normalized spacial score (nSPS) is 21.1. The number of hydrogen-bond donors (Lipinski definition) is 4. The van der Waals surface area contributed by atoms with E-state index in [-0.39, 0.29) is 0 Å². The van der Waals surface area contributed by atoms with E-state index in [2.05, 4.69) is 33.2 Å². The number of guanidine groups is 1. The lowest BCUT2D eigenvalue weighted by Gasteiger charge is -2.47. The van der Waals surface area contributed by atoms with Crippen LogP contribution in [-0.4, -0.2) is 35.1 Å². The van der Waals surface area contributed by atoms with Crippen LogP contribution in [0.2, 0.25) is 0 Å². The fourth-order valence-corrected chi connectivity index (χ4v) is 3.86. The van der Waals surface area contributed by atoms with Crippen molar-refractivity contribution in [1.82, 2.24) is 20.9 Å². The number of rotatable bonds is 10. The van der Waals surface area contributed by atoms with Crippen LogP contribution in [0.1, 0.15) is 66.2 Å². The van der Waals surface area contributed by atoms with Gasteiger partial charge < -0.3 is 15.4 Å². The average Bonchev–Trinajstić information content (AvgIpc) is 2.71. The molecular formula is C24H36N6O2. The van der Waals surface area contributed by atoms with E-state index in [9.17, 15) is 4.79 Å². The van der Waals surface area contributed by atoms with Gasteiger partial charge in [0.15, 0.2) is 5.96 Å². The number of carbonyl (C=O) groups excluding carboxylic acids is 1. The SMILES string of the molecule is CCCCCCCCN=C1NC(C)(C)NC(Nc2cnc3ccccc3c2)(OC(C)=O)N1. The molecule has 0 bridgehead atoms. The summed E-state index contributed by atoms with van der Waals surface area (Å²) in [4.78, 5) is 21.2. The number of hydrogen-bond acceptors (Lipinski definition) is 6. The van der Waals surface area contributed by atoms with Gasteiger partial charge in [-0.25, -0.2) is 5.32 Å². The minimum atomic E-state index is -1.37. The summed E-state index contributed by atoms with van der Waals surface area (Å²) in [5.41, 5.74) is 1.02. The maximum atomic E-state index is 12.0. The zero-order valence-corrected chi connectivity index (χ0v) is 19.6. The van der Waals surface area contributed by atoms with Gasteiger partial charge in [0.1, 0.15) is 0 Å². The van der Waals surface area contributed by atoms with Gasteiger partial charge in [0, 0.05) is 18.9 Å². The van der Waals surface area contributed by atoms with Gasteiger partial charge in [0.2, 0.25) is 0 Å². The van der Waals surface area contributed by atoms with E-state index >= 15 is 0 Å². The summed E-state index contributed by atoms with van der Waals surface area (Å²) in [6.45, 7) is 8.23. The molecule has 8 heteroatoms. The van der Waals surface area contributed by atoms with E-state index in [1.54, 1.807) is 6.20 Å². The van der Waals surface area contributed by atoms with Crippen LogP contribution in [0.15, 0.2) is 41.5 Å². The van der Waals surface area contributed by atoms with Crippen LogP contribution in [0.3, 0.4) is 0 Å². The first-order chi connectivity index (χ1) is 15.3. The van der Waals surface area contributed by atoms with Gasteiger partial charge in [-0.2, -0.15) is 0 Å². The molecule has 1 unspecified atom stereocenters. The molecule has 32 heavy (non-hydrogen) atoms. The highest BCUT2D eigenvalue weighted by Gasteiger charge is 2.44. The largest absolute Gasteiger partial charge is 0.406 e. The topological polar surface area (TPSA) is 99.7 Å². The monoisotopic (exact) mass is 440 g/mol. The summed E-state index contributed by atoms with van der Waals surface area (Å²) in [6, 6.07) is 9.84. The second-order valence-corrected chi connectivity index (χ2v) is 8.81. The molecule has 1 aromatic heterocycles. The van der Waals surface area contributed by atoms with E-state index < -0.39 is 17.6 Å². The number of ether oxygens (including phenoxy) is 1. The Morgan fingerprint density at radius 3 is 2.66 bits per heavy atom. The lowest BCUT2D eigenvalue weighted by molar-refractivity contribution is -0.163. The van der Waals surface area contributed by atoms with Gasteiger partial charge in [0.25, 0.3) is 0 Å².